The van der Waals surface area contributed by atoms with Crippen LogP contribution in [0.3, 0.4) is 0 Å². The second-order valence-electron chi connectivity index (χ2n) is 3.06. The van der Waals surface area contributed by atoms with Crippen LogP contribution in [0.25, 0.3) is 0 Å². The molecule has 0 radical (unpaired) electrons. The number of carbonyl (C=O) groups is 1. The van der Waals surface area contributed by atoms with Crippen molar-refractivity contribution in [1.82, 2.24) is 9.97 Å². The predicted octanol–water partition coefficient (Wildman–Crippen LogP) is 0.244. The van der Waals surface area contributed by atoms with Gasteiger partial charge in [-0.2, -0.15) is 0 Å². The minimum atomic E-state index is -0.439. The van der Waals surface area contributed by atoms with E-state index in [0.717, 1.165) is 11.4 Å². The van der Waals surface area contributed by atoms with Gasteiger partial charge in [0.2, 0.25) is 0 Å². The molecule has 4 heteroatoms. The summed E-state index contributed by atoms with van der Waals surface area (Å²) in [5.74, 6) is 0.709. The van der Waals surface area contributed by atoms with Gasteiger partial charge in [-0.05, 0) is 25.8 Å². The van der Waals surface area contributed by atoms with E-state index in [-0.39, 0.29) is 5.78 Å². The van der Waals surface area contributed by atoms with Crippen molar-refractivity contribution >= 4 is 5.78 Å². The van der Waals surface area contributed by atoms with Gasteiger partial charge in [0, 0.05) is 12.4 Å². The summed E-state index contributed by atoms with van der Waals surface area (Å²) in [6, 6.07) is -0.439. The largest absolute Gasteiger partial charge is 0.321 e. The third kappa shape index (κ3) is 2.91. The Balaban J connectivity index is 2.64. The van der Waals surface area contributed by atoms with E-state index in [4.69, 9.17) is 5.73 Å². The number of hydrogen-bond donors (Lipinski definition) is 1. The maximum atomic E-state index is 10.8. The van der Waals surface area contributed by atoms with Gasteiger partial charge in [0.15, 0.2) is 0 Å². The molecule has 70 valence electrons. The van der Waals surface area contributed by atoms with Gasteiger partial charge in [-0.1, -0.05) is 0 Å². The van der Waals surface area contributed by atoms with E-state index in [1.165, 1.54) is 6.92 Å². The molecule has 2 N–H and O–H groups in total. The number of ketones is 1. The topological polar surface area (TPSA) is 68.9 Å². The highest BCUT2D eigenvalue weighted by atomic mass is 16.1. The summed E-state index contributed by atoms with van der Waals surface area (Å²) in [6.07, 6.45) is 3.91. The molecule has 0 spiro atoms. The summed E-state index contributed by atoms with van der Waals surface area (Å²) in [5, 5.41) is 0. The summed E-state index contributed by atoms with van der Waals surface area (Å²) in [4.78, 5) is 18.9. The maximum absolute atomic E-state index is 10.8. The van der Waals surface area contributed by atoms with Gasteiger partial charge in [0.25, 0.3) is 0 Å². The lowest BCUT2D eigenvalue weighted by atomic mass is 10.1. The first-order valence-corrected chi connectivity index (χ1v) is 4.13. The SMILES string of the molecule is CC(=O)C(N)Cc1cnc(C)nc1. The Labute approximate surface area is 77.2 Å². The van der Waals surface area contributed by atoms with E-state index >= 15 is 0 Å². The molecule has 1 heterocycles. The van der Waals surface area contributed by atoms with E-state index in [1.54, 1.807) is 12.4 Å². The Morgan fingerprint density at radius 3 is 2.54 bits per heavy atom. The molecule has 0 amide bonds. The van der Waals surface area contributed by atoms with Crippen LogP contribution in [0.1, 0.15) is 18.3 Å². The molecule has 4 nitrogen and oxygen atoms in total. The molecule has 0 aliphatic rings. The fourth-order valence-electron chi connectivity index (χ4n) is 0.922. The molecule has 0 aromatic carbocycles. The Hall–Kier alpha value is -1.29. The normalized spacial score (nSPS) is 12.5. The molecule has 0 aliphatic carbocycles. The van der Waals surface area contributed by atoms with Crippen molar-refractivity contribution in [2.24, 2.45) is 5.73 Å². The van der Waals surface area contributed by atoms with Crippen molar-refractivity contribution in [1.29, 1.82) is 0 Å². The van der Waals surface area contributed by atoms with Crippen LogP contribution in [0.15, 0.2) is 12.4 Å². The highest BCUT2D eigenvalue weighted by Gasteiger charge is 2.08. The fraction of sp³-hybridized carbons (Fsp3) is 0.444. The quantitative estimate of drug-likeness (QED) is 0.721. The Bertz CT molecular complexity index is 294. The average molecular weight is 179 g/mol. The summed E-state index contributed by atoms with van der Waals surface area (Å²) >= 11 is 0. The lowest BCUT2D eigenvalue weighted by Crippen LogP contribution is -2.30. The van der Waals surface area contributed by atoms with Crippen molar-refractivity contribution in [3.05, 3.63) is 23.8 Å². The van der Waals surface area contributed by atoms with Crippen LogP contribution >= 0.6 is 0 Å². The van der Waals surface area contributed by atoms with Crippen LogP contribution in [0.5, 0.6) is 0 Å². The highest BCUT2D eigenvalue weighted by molar-refractivity contribution is 5.81. The van der Waals surface area contributed by atoms with Crippen LogP contribution in [0.4, 0.5) is 0 Å². The van der Waals surface area contributed by atoms with E-state index in [9.17, 15) is 4.79 Å². The first-order valence-electron chi connectivity index (χ1n) is 4.13. The summed E-state index contributed by atoms with van der Waals surface area (Å²) in [6.45, 7) is 3.30. The number of nitrogens with two attached hydrogens (primary N) is 1. The van der Waals surface area contributed by atoms with Gasteiger partial charge < -0.3 is 5.73 Å². The molecule has 0 fully saturated rings. The number of nitrogens with zero attached hydrogens (tertiary/aromatic N) is 2. The second-order valence-corrected chi connectivity index (χ2v) is 3.06. The van der Waals surface area contributed by atoms with Gasteiger partial charge in [-0.25, -0.2) is 9.97 Å². The molecule has 1 aromatic heterocycles. The van der Waals surface area contributed by atoms with E-state index in [1.807, 2.05) is 6.92 Å². The Morgan fingerprint density at radius 2 is 2.08 bits per heavy atom. The van der Waals surface area contributed by atoms with Crippen molar-refractivity contribution in [3.63, 3.8) is 0 Å². The minimum Gasteiger partial charge on any atom is -0.321 e. The maximum Gasteiger partial charge on any atom is 0.146 e. The summed E-state index contributed by atoms with van der Waals surface area (Å²) < 4.78 is 0. The zero-order chi connectivity index (χ0) is 9.84. The first-order chi connectivity index (χ1) is 6.09. The summed E-state index contributed by atoms with van der Waals surface area (Å²) in [5.41, 5.74) is 6.48. The van der Waals surface area contributed by atoms with Gasteiger partial charge in [0.1, 0.15) is 11.6 Å². The second kappa shape index (κ2) is 4.09. The molecule has 1 atom stereocenters. The zero-order valence-electron chi connectivity index (χ0n) is 7.82. The number of hydrogen-bond acceptors (Lipinski definition) is 4. The van der Waals surface area contributed by atoms with Crippen LogP contribution in [0.2, 0.25) is 0 Å². The van der Waals surface area contributed by atoms with E-state index in [2.05, 4.69) is 9.97 Å². The van der Waals surface area contributed by atoms with Crippen LogP contribution < -0.4 is 5.73 Å². The molecule has 1 aromatic rings. The standard InChI is InChI=1S/C9H13N3O/c1-6(13)9(10)3-8-4-11-7(2)12-5-8/h4-5,9H,3,10H2,1-2H3. The van der Waals surface area contributed by atoms with Crippen molar-refractivity contribution < 1.29 is 4.79 Å². The van der Waals surface area contributed by atoms with Crippen molar-refractivity contribution in [3.8, 4) is 0 Å². The smallest absolute Gasteiger partial charge is 0.146 e. The molecular weight excluding hydrogens is 166 g/mol. The Kier molecular flexibility index (Phi) is 3.08. The average Bonchev–Trinajstić information content (AvgIpc) is 2.08. The number of rotatable bonds is 3. The molecule has 0 saturated heterocycles. The number of carbonyl (C=O) groups excluding carboxylic acids is 1. The number of Topliss-reactive ketones (excluding diaryl/α,β-unsaturated/α-hetero) is 1. The predicted molar refractivity (Wildman–Crippen MR) is 49.1 cm³/mol. The third-order valence-corrected chi connectivity index (χ3v) is 1.81. The van der Waals surface area contributed by atoms with Crippen LogP contribution in [-0.4, -0.2) is 21.8 Å². The number of aryl methyl sites for hydroxylation is 1. The van der Waals surface area contributed by atoms with E-state index in [0.29, 0.717) is 6.42 Å². The third-order valence-electron chi connectivity index (χ3n) is 1.81. The number of aromatic nitrogens is 2. The zero-order valence-corrected chi connectivity index (χ0v) is 7.82. The molecule has 1 rings (SSSR count). The monoisotopic (exact) mass is 179 g/mol. The molecular formula is C9H13N3O. The molecule has 0 bridgehead atoms. The first kappa shape index (κ1) is 9.80. The molecule has 13 heavy (non-hydrogen) atoms. The minimum absolute atomic E-state index is 0.0134. The van der Waals surface area contributed by atoms with E-state index < -0.39 is 6.04 Å². The van der Waals surface area contributed by atoms with Crippen molar-refractivity contribution in [2.75, 3.05) is 0 Å². The van der Waals surface area contributed by atoms with Crippen LogP contribution in [-0.2, 0) is 11.2 Å². The van der Waals surface area contributed by atoms with Crippen molar-refractivity contribution in [2.45, 2.75) is 26.3 Å². The van der Waals surface area contributed by atoms with Gasteiger partial charge >= 0.3 is 0 Å². The van der Waals surface area contributed by atoms with Gasteiger partial charge in [-0.3, -0.25) is 4.79 Å². The summed E-state index contributed by atoms with van der Waals surface area (Å²) in [7, 11) is 0. The molecule has 1 unspecified atom stereocenters. The molecule has 0 aliphatic heterocycles. The lowest BCUT2D eigenvalue weighted by Gasteiger charge is -2.06. The molecule has 0 saturated carbocycles. The van der Waals surface area contributed by atoms with Gasteiger partial charge in [0.05, 0.1) is 6.04 Å². The Morgan fingerprint density at radius 1 is 1.54 bits per heavy atom. The van der Waals surface area contributed by atoms with Gasteiger partial charge in [-0.15, -0.1) is 0 Å². The van der Waals surface area contributed by atoms with Crippen LogP contribution in [0, 0.1) is 6.92 Å². The highest BCUT2D eigenvalue weighted by Crippen LogP contribution is 1.99. The fourth-order valence-corrected chi connectivity index (χ4v) is 0.922. The lowest BCUT2D eigenvalue weighted by molar-refractivity contribution is -0.118.